The van der Waals surface area contributed by atoms with Gasteiger partial charge in [0.2, 0.25) is 0 Å². The minimum absolute atomic E-state index is 0.328. The first kappa shape index (κ1) is 19.3. The van der Waals surface area contributed by atoms with Crippen LogP contribution in [0.5, 0.6) is 0 Å². The maximum Gasteiger partial charge on any atom is 0.256 e. The lowest BCUT2D eigenvalue weighted by atomic mass is 10.0. The van der Waals surface area contributed by atoms with Crippen molar-refractivity contribution in [2.45, 2.75) is 0 Å². The molecule has 0 unspecified atom stereocenters. The summed E-state index contributed by atoms with van der Waals surface area (Å²) in [4.78, 5) is 14.6. The van der Waals surface area contributed by atoms with Crippen molar-refractivity contribution in [3.63, 3.8) is 0 Å². The number of carbonyl (C=O) groups is 1. The van der Waals surface area contributed by atoms with Gasteiger partial charge in [-0.05, 0) is 53.6 Å². The number of carbonyl (C=O) groups excluding carboxylic acids is 1. The molecule has 0 radical (unpaired) electrons. The number of nitrogens with one attached hydrogen (secondary N) is 2. The van der Waals surface area contributed by atoms with Gasteiger partial charge in [-0.25, -0.2) is 0 Å². The fourth-order valence-corrected chi connectivity index (χ4v) is 3.64. The maximum absolute atomic E-state index is 12.5. The number of nitrogens with zero attached hydrogens (tertiary/aromatic N) is 2. The van der Waals surface area contributed by atoms with Crippen molar-refractivity contribution in [1.29, 1.82) is 0 Å². The standard InChI is InChI=1S/C22H18Cl2N4O/c1-28(2)18-6-3-13(4-7-18)14-5-8-19-20(11-14)26-27-21(19)25-22(29)15-9-16(23)12-17(24)10-15/h3-12H,1-2H3,(H2,25,26,27,29). The van der Waals surface area contributed by atoms with Crippen molar-refractivity contribution in [3.8, 4) is 11.1 Å². The summed E-state index contributed by atoms with van der Waals surface area (Å²) in [7, 11) is 4.03. The van der Waals surface area contributed by atoms with E-state index in [4.69, 9.17) is 23.2 Å². The van der Waals surface area contributed by atoms with E-state index in [1.54, 1.807) is 18.2 Å². The SMILES string of the molecule is CN(C)c1ccc(-c2ccc3c(NC(=O)c4cc(Cl)cc(Cl)c4)n[nH]c3c2)cc1. The summed E-state index contributed by atoms with van der Waals surface area (Å²) in [5.41, 5.74) is 4.51. The molecule has 7 heteroatoms. The van der Waals surface area contributed by atoms with Crippen LogP contribution in [-0.4, -0.2) is 30.2 Å². The van der Waals surface area contributed by atoms with Crippen molar-refractivity contribution in [2.75, 3.05) is 24.3 Å². The predicted molar refractivity (Wildman–Crippen MR) is 120 cm³/mol. The van der Waals surface area contributed by atoms with Crippen LogP contribution in [0.15, 0.2) is 60.7 Å². The minimum atomic E-state index is -0.328. The molecule has 0 bridgehead atoms. The first-order valence-corrected chi connectivity index (χ1v) is 9.69. The molecule has 1 heterocycles. The number of anilines is 2. The molecule has 1 amide bonds. The highest BCUT2D eigenvalue weighted by Crippen LogP contribution is 2.29. The lowest BCUT2D eigenvalue weighted by Gasteiger charge is -2.12. The largest absolute Gasteiger partial charge is 0.378 e. The summed E-state index contributed by atoms with van der Waals surface area (Å²) in [5, 5.41) is 11.7. The topological polar surface area (TPSA) is 61.0 Å². The third-order valence-electron chi connectivity index (χ3n) is 4.64. The monoisotopic (exact) mass is 424 g/mol. The number of rotatable bonds is 4. The molecular formula is C22H18Cl2N4O. The summed E-state index contributed by atoms with van der Waals surface area (Å²) in [6.07, 6.45) is 0. The van der Waals surface area contributed by atoms with Crippen molar-refractivity contribution in [3.05, 3.63) is 76.3 Å². The molecule has 146 valence electrons. The molecule has 0 atom stereocenters. The summed E-state index contributed by atoms with van der Waals surface area (Å²) in [6.45, 7) is 0. The van der Waals surface area contributed by atoms with Crippen LogP contribution >= 0.6 is 23.2 Å². The fourth-order valence-electron chi connectivity index (χ4n) is 3.11. The molecule has 0 aliphatic carbocycles. The zero-order valence-corrected chi connectivity index (χ0v) is 17.3. The van der Waals surface area contributed by atoms with Gasteiger partial charge < -0.3 is 10.2 Å². The number of amides is 1. The Kier molecular flexibility index (Phi) is 5.18. The molecule has 4 rings (SSSR count). The van der Waals surface area contributed by atoms with Gasteiger partial charge in [-0.2, -0.15) is 5.10 Å². The zero-order valence-electron chi connectivity index (χ0n) is 15.8. The first-order valence-electron chi connectivity index (χ1n) is 8.94. The molecular weight excluding hydrogens is 407 g/mol. The Balaban J connectivity index is 1.60. The molecule has 3 aromatic carbocycles. The minimum Gasteiger partial charge on any atom is -0.378 e. The van der Waals surface area contributed by atoms with E-state index >= 15 is 0 Å². The highest BCUT2D eigenvalue weighted by Gasteiger charge is 2.13. The second kappa shape index (κ2) is 7.78. The van der Waals surface area contributed by atoms with E-state index in [1.807, 2.05) is 32.3 Å². The second-order valence-electron chi connectivity index (χ2n) is 6.89. The average Bonchev–Trinajstić information content (AvgIpc) is 3.09. The van der Waals surface area contributed by atoms with E-state index in [0.717, 1.165) is 27.7 Å². The van der Waals surface area contributed by atoms with Gasteiger partial charge in [0.05, 0.1) is 5.52 Å². The van der Waals surface area contributed by atoms with Crippen molar-refractivity contribution in [1.82, 2.24) is 10.2 Å². The Morgan fingerprint density at radius 2 is 1.59 bits per heavy atom. The molecule has 0 saturated carbocycles. The van der Waals surface area contributed by atoms with Crippen molar-refractivity contribution >= 4 is 51.5 Å². The number of hydrogen-bond donors (Lipinski definition) is 2. The zero-order chi connectivity index (χ0) is 20.5. The van der Waals surface area contributed by atoms with Crippen LogP contribution < -0.4 is 10.2 Å². The Hall–Kier alpha value is -3.02. The lowest BCUT2D eigenvalue weighted by Crippen LogP contribution is -2.12. The third-order valence-corrected chi connectivity index (χ3v) is 5.07. The normalized spacial score (nSPS) is 10.9. The number of aromatic amines is 1. The van der Waals surface area contributed by atoms with Crippen molar-refractivity contribution < 1.29 is 4.79 Å². The van der Waals surface area contributed by atoms with Crippen LogP contribution in [-0.2, 0) is 0 Å². The molecule has 0 aliphatic heterocycles. The van der Waals surface area contributed by atoms with Gasteiger partial charge in [0, 0.05) is 40.8 Å². The number of halogens is 2. The van der Waals surface area contributed by atoms with Gasteiger partial charge >= 0.3 is 0 Å². The summed E-state index contributed by atoms with van der Waals surface area (Å²) >= 11 is 12.0. The molecule has 29 heavy (non-hydrogen) atoms. The lowest BCUT2D eigenvalue weighted by molar-refractivity contribution is 0.102. The molecule has 0 fully saturated rings. The van der Waals surface area contributed by atoms with Gasteiger partial charge in [-0.15, -0.1) is 0 Å². The first-order chi connectivity index (χ1) is 13.9. The van der Waals surface area contributed by atoms with Gasteiger partial charge in [0.1, 0.15) is 0 Å². The molecule has 1 aromatic heterocycles. The highest BCUT2D eigenvalue weighted by atomic mass is 35.5. The van der Waals surface area contributed by atoms with Crippen LogP contribution in [0.2, 0.25) is 10.0 Å². The number of H-pyrrole nitrogens is 1. The van der Waals surface area contributed by atoms with E-state index < -0.39 is 0 Å². The number of fused-ring (bicyclic) bond motifs is 1. The van der Waals surface area contributed by atoms with Gasteiger partial charge in [-0.3, -0.25) is 9.89 Å². The smallest absolute Gasteiger partial charge is 0.256 e. The van der Waals surface area contributed by atoms with Gasteiger partial charge in [0.15, 0.2) is 5.82 Å². The van der Waals surface area contributed by atoms with Crippen molar-refractivity contribution in [2.24, 2.45) is 0 Å². The van der Waals surface area contributed by atoms with Crippen LogP contribution in [0, 0.1) is 0 Å². The quantitative estimate of drug-likeness (QED) is 0.431. The van der Waals surface area contributed by atoms with Gasteiger partial charge in [-0.1, -0.05) is 41.4 Å². The summed E-state index contributed by atoms with van der Waals surface area (Å²) in [6, 6.07) is 19.0. The predicted octanol–water partition coefficient (Wildman–Crippen LogP) is 5.86. The number of benzene rings is 3. The molecule has 0 aliphatic rings. The van der Waals surface area contributed by atoms with E-state index in [2.05, 4.69) is 44.7 Å². The van der Waals surface area contributed by atoms with Crippen LogP contribution in [0.4, 0.5) is 11.5 Å². The molecule has 0 spiro atoms. The number of aromatic nitrogens is 2. The second-order valence-corrected chi connectivity index (χ2v) is 7.76. The average molecular weight is 425 g/mol. The van der Waals surface area contributed by atoms with Crippen LogP contribution in [0.1, 0.15) is 10.4 Å². The molecule has 0 saturated heterocycles. The van der Waals surface area contributed by atoms with E-state index in [0.29, 0.717) is 21.4 Å². The Morgan fingerprint density at radius 3 is 2.24 bits per heavy atom. The molecule has 4 aromatic rings. The maximum atomic E-state index is 12.5. The highest BCUT2D eigenvalue weighted by molar-refractivity contribution is 6.35. The molecule has 2 N–H and O–H groups in total. The Bertz CT molecular complexity index is 1180. The summed E-state index contributed by atoms with van der Waals surface area (Å²) < 4.78 is 0. The summed E-state index contributed by atoms with van der Waals surface area (Å²) in [5.74, 6) is 0.127. The number of hydrogen-bond acceptors (Lipinski definition) is 3. The van der Waals surface area contributed by atoms with Crippen LogP contribution in [0.25, 0.3) is 22.0 Å². The molecule has 5 nitrogen and oxygen atoms in total. The Labute approximate surface area is 178 Å². The van der Waals surface area contributed by atoms with Gasteiger partial charge in [0.25, 0.3) is 5.91 Å². The van der Waals surface area contributed by atoms with Crippen LogP contribution in [0.3, 0.4) is 0 Å². The van der Waals surface area contributed by atoms with E-state index in [-0.39, 0.29) is 5.91 Å². The Morgan fingerprint density at radius 1 is 0.931 bits per heavy atom. The third kappa shape index (κ3) is 4.06. The fraction of sp³-hybridized carbons (Fsp3) is 0.0909. The van der Waals surface area contributed by atoms with E-state index in [9.17, 15) is 4.79 Å². The van der Waals surface area contributed by atoms with E-state index in [1.165, 1.54) is 0 Å².